The fourth-order valence-corrected chi connectivity index (χ4v) is 3.95. The highest BCUT2D eigenvalue weighted by Gasteiger charge is 2.25. The number of aryl methyl sites for hydroxylation is 2. The van der Waals surface area contributed by atoms with Gasteiger partial charge < -0.3 is 5.32 Å². The third-order valence-corrected chi connectivity index (χ3v) is 5.60. The van der Waals surface area contributed by atoms with Crippen LogP contribution in [0.5, 0.6) is 0 Å². The summed E-state index contributed by atoms with van der Waals surface area (Å²) in [6, 6.07) is 14.9. The van der Waals surface area contributed by atoms with Crippen LogP contribution in [0.15, 0.2) is 42.5 Å². The maximum atomic E-state index is 12.6. The summed E-state index contributed by atoms with van der Waals surface area (Å²) >= 11 is 2.29. The first-order valence-electron chi connectivity index (χ1n) is 8.86. The van der Waals surface area contributed by atoms with E-state index in [1.165, 1.54) is 14.7 Å². The fraction of sp³-hybridized carbons (Fsp3) is 0.381. The second kappa shape index (κ2) is 8.32. The number of anilines is 1. The van der Waals surface area contributed by atoms with Gasteiger partial charge in [0, 0.05) is 21.7 Å². The normalized spacial score (nSPS) is 16.0. The van der Waals surface area contributed by atoms with Crippen molar-refractivity contribution in [1.29, 1.82) is 0 Å². The minimum Gasteiger partial charge on any atom is -0.326 e. The van der Waals surface area contributed by atoms with E-state index in [1.54, 1.807) is 0 Å². The number of benzene rings is 2. The summed E-state index contributed by atoms with van der Waals surface area (Å²) in [5.74, 6) is 0.284. The fourth-order valence-electron chi connectivity index (χ4n) is 3.31. The average Bonchev–Trinajstić information content (AvgIpc) is 2.60. The first-order chi connectivity index (χ1) is 12.0. The SMILES string of the molecule is Cc1ccc(CN2CCC(C(=O)Nc3ccc(I)cc3C)CC2)cc1. The van der Waals surface area contributed by atoms with Crippen LogP contribution in [0.2, 0.25) is 0 Å². The lowest BCUT2D eigenvalue weighted by molar-refractivity contribution is -0.121. The third-order valence-electron chi connectivity index (χ3n) is 4.93. The topological polar surface area (TPSA) is 32.3 Å². The van der Waals surface area contributed by atoms with Gasteiger partial charge >= 0.3 is 0 Å². The van der Waals surface area contributed by atoms with Gasteiger partial charge in [0.25, 0.3) is 0 Å². The van der Waals surface area contributed by atoms with E-state index in [2.05, 4.69) is 70.1 Å². The van der Waals surface area contributed by atoms with E-state index >= 15 is 0 Å². The maximum absolute atomic E-state index is 12.6. The molecule has 25 heavy (non-hydrogen) atoms. The van der Waals surface area contributed by atoms with E-state index in [0.29, 0.717) is 0 Å². The largest absolute Gasteiger partial charge is 0.326 e. The van der Waals surface area contributed by atoms with Crippen molar-refractivity contribution in [2.75, 3.05) is 18.4 Å². The molecule has 3 nitrogen and oxygen atoms in total. The molecular weight excluding hydrogens is 423 g/mol. The molecule has 1 fully saturated rings. The Morgan fingerprint density at radius 3 is 2.44 bits per heavy atom. The van der Waals surface area contributed by atoms with Gasteiger partial charge in [-0.25, -0.2) is 0 Å². The Kier molecular flexibility index (Phi) is 6.12. The predicted molar refractivity (Wildman–Crippen MR) is 112 cm³/mol. The van der Waals surface area contributed by atoms with Gasteiger partial charge in [-0.1, -0.05) is 29.8 Å². The van der Waals surface area contributed by atoms with Gasteiger partial charge in [-0.15, -0.1) is 0 Å². The molecule has 2 aromatic rings. The molecule has 0 aliphatic carbocycles. The monoisotopic (exact) mass is 448 g/mol. The van der Waals surface area contributed by atoms with Crippen molar-refractivity contribution in [2.24, 2.45) is 5.92 Å². The van der Waals surface area contributed by atoms with Crippen molar-refractivity contribution in [1.82, 2.24) is 4.90 Å². The number of carbonyl (C=O) groups is 1. The third kappa shape index (κ3) is 5.05. The Balaban J connectivity index is 1.51. The Hall–Kier alpha value is -1.40. The van der Waals surface area contributed by atoms with Gasteiger partial charge in [0.2, 0.25) is 5.91 Å². The number of hydrogen-bond acceptors (Lipinski definition) is 2. The van der Waals surface area contributed by atoms with Crippen LogP contribution in [-0.2, 0) is 11.3 Å². The standard InChI is InChI=1S/C21H25IN2O/c1-15-3-5-17(6-4-15)14-24-11-9-18(10-12-24)21(25)23-20-8-7-19(22)13-16(20)2/h3-8,13,18H,9-12,14H2,1-2H3,(H,23,25). The van der Waals surface area contributed by atoms with Gasteiger partial charge in [-0.2, -0.15) is 0 Å². The zero-order chi connectivity index (χ0) is 17.8. The molecule has 0 unspecified atom stereocenters. The lowest BCUT2D eigenvalue weighted by Crippen LogP contribution is -2.37. The Morgan fingerprint density at radius 1 is 1.12 bits per heavy atom. The maximum Gasteiger partial charge on any atom is 0.227 e. The average molecular weight is 448 g/mol. The molecule has 1 amide bonds. The zero-order valence-electron chi connectivity index (χ0n) is 14.9. The molecule has 0 atom stereocenters. The summed E-state index contributed by atoms with van der Waals surface area (Å²) in [6.45, 7) is 7.10. The van der Waals surface area contributed by atoms with Crippen LogP contribution in [0.1, 0.15) is 29.5 Å². The molecule has 3 rings (SSSR count). The number of rotatable bonds is 4. The molecule has 132 valence electrons. The van der Waals surface area contributed by atoms with Crippen LogP contribution in [0, 0.1) is 23.3 Å². The molecule has 0 radical (unpaired) electrons. The second-order valence-electron chi connectivity index (χ2n) is 6.98. The van der Waals surface area contributed by atoms with Crippen molar-refractivity contribution in [2.45, 2.75) is 33.2 Å². The molecule has 0 bridgehead atoms. The number of hydrogen-bond donors (Lipinski definition) is 1. The molecular formula is C21H25IN2O. The molecule has 1 heterocycles. The highest BCUT2D eigenvalue weighted by atomic mass is 127. The first-order valence-corrected chi connectivity index (χ1v) is 9.94. The summed E-state index contributed by atoms with van der Waals surface area (Å²) in [7, 11) is 0. The number of nitrogens with zero attached hydrogens (tertiary/aromatic N) is 1. The van der Waals surface area contributed by atoms with Crippen molar-refractivity contribution in [3.63, 3.8) is 0 Å². The van der Waals surface area contributed by atoms with Crippen molar-refractivity contribution < 1.29 is 4.79 Å². The number of likely N-dealkylation sites (tertiary alicyclic amines) is 1. The number of piperidine rings is 1. The number of halogens is 1. The Labute approximate surface area is 164 Å². The second-order valence-corrected chi connectivity index (χ2v) is 8.23. The lowest BCUT2D eigenvalue weighted by atomic mass is 9.95. The molecule has 1 N–H and O–H groups in total. The number of carbonyl (C=O) groups excluding carboxylic acids is 1. The van der Waals surface area contributed by atoms with Crippen LogP contribution >= 0.6 is 22.6 Å². The van der Waals surface area contributed by atoms with E-state index in [1.807, 2.05) is 19.1 Å². The Morgan fingerprint density at radius 2 is 1.80 bits per heavy atom. The Bertz CT molecular complexity index is 734. The van der Waals surface area contributed by atoms with Gasteiger partial charge in [-0.3, -0.25) is 9.69 Å². The molecule has 1 saturated heterocycles. The molecule has 0 saturated carbocycles. The van der Waals surface area contributed by atoms with Crippen LogP contribution in [0.25, 0.3) is 0 Å². The predicted octanol–water partition coefficient (Wildman–Crippen LogP) is 4.76. The van der Waals surface area contributed by atoms with Gasteiger partial charge in [0.15, 0.2) is 0 Å². The van der Waals surface area contributed by atoms with Crippen LogP contribution in [0.3, 0.4) is 0 Å². The molecule has 0 spiro atoms. The summed E-state index contributed by atoms with van der Waals surface area (Å²) in [5, 5.41) is 3.12. The summed E-state index contributed by atoms with van der Waals surface area (Å²) in [5.41, 5.74) is 4.71. The smallest absolute Gasteiger partial charge is 0.227 e. The summed E-state index contributed by atoms with van der Waals surface area (Å²) in [6.07, 6.45) is 1.86. The quantitative estimate of drug-likeness (QED) is 0.685. The molecule has 2 aromatic carbocycles. The number of nitrogens with one attached hydrogen (secondary N) is 1. The lowest BCUT2D eigenvalue weighted by Gasteiger charge is -2.31. The van der Waals surface area contributed by atoms with Crippen LogP contribution < -0.4 is 5.32 Å². The zero-order valence-corrected chi connectivity index (χ0v) is 17.0. The number of amides is 1. The highest BCUT2D eigenvalue weighted by molar-refractivity contribution is 14.1. The van der Waals surface area contributed by atoms with E-state index in [9.17, 15) is 4.79 Å². The summed E-state index contributed by atoms with van der Waals surface area (Å²) in [4.78, 5) is 15.0. The first kappa shape index (κ1) is 18.4. The van der Waals surface area contributed by atoms with E-state index in [0.717, 1.165) is 43.7 Å². The van der Waals surface area contributed by atoms with Gasteiger partial charge in [0.1, 0.15) is 0 Å². The minimum atomic E-state index is 0.118. The van der Waals surface area contributed by atoms with Crippen LogP contribution in [0.4, 0.5) is 5.69 Å². The minimum absolute atomic E-state index is 0.118. The highest BCUT2D eigenvalue weighted by Crippen LogP contribution is 2.23. The summed E-state index contributed by atoms with van der Waals surface area (Å²) < 4.78 is 1.19. The van der Waals surface area contributed by atoms with Gasteiger partial charge in [0.05, 0.1) is 0 Å². The molecule has 0 aromatic heterocycles. The molecule has 1 aliphatic rings. The van der Waals surface area contributed by atoms with Gasteiger partial charge in [-0.05, 0) is 91.7 Å². The van der Waals surface area contributed by atoms with Crippen molar-refractivity contribution in [3.05, 3.63) is 62.7 Å². The molecule has 1 aliphatic heterocycles. The van der Waals surface area contributed by atoms with Crippen molar-refractivity contribution >= 4 is 34.2 Å². The van der Waals surface area contributed by atoms with E-state index in [4.69, 9.17) is 0 Å². The van der Waals surface area contributed by atoms with E-state index < -0.39 is 0 Å². The van der Waals surface area contributed by atoms with Crippen molar-refractivity contribution in [3.8, 4) is 0 Å². The van der Waals surface area contributed by atoms with E-state index in [-0.39, 0.29) is 11.8 Å². The molecule has 4 heteroatoms. The van der Waals surface area contributed by atoms with Crippen LogP contribution in [-0.4, -0.2) is 23.9 Å².